The van der Waals surface area contributed by atoms with Crippen LogP contribution in [0, 0.1) is 0 Å². The number of hydrogen-bond acceptors (Lipinski definition) is 2. The maximum Gasteiger partial charge on any atom is 0.257 e. The van der Waals surface area contributed by atoms with Crippen molar-refractivity contribution in [3.05, 3.63) is 29.3 Å². The molecule has 18 heavy (non-hydrogen) atoms. The van der Waals surface area contributed by atoms with E-state index in [0.717, 1.165) is 32.4 Å². The number of methoxy groups -OCH3 is 1. The van der Waals surface area contributed by atoms with Gasteiger partial charge in [0.1, 0.15) is 5.75 Å². The second-order valence-corrected chi connectivity index (χ2v) is 4.74. The third-order valence-electron chi connectivity index (χ3n) is 3.55. The van der Waals surface area contributed by atoms with Crippen molar-refractivity contribution in [1.29, 1.82) is 0 Å². The fourth-order valence-electron chi connectivity index (χ4n) is 2.41. The molecule has 0 bridgehead atoms. The summed E-state index contributed by atoms with van der Waals surface area (Å²) in [6.45, 7) is 3.84. The van der Waals surface area contributed by atoms with Crippen LogP contribution in [-0.4, -0.2) is 31.0 Å². The van der Waals surface area contributed by atoms with E-state index in [1.165, 1.54) is 12.0 Å². The van der Waals surface area contributed by atoms with E-state index in [2.05, 4.69) is 6.92 Å². The first kappa shape index (κ1) is 12.9. The zero-order valence-corrected chi connectivity index (χ0v) is 11.2. The number of carbonyl (C=O) groups is 1. The second-order valence-electron chi connectivity index (χ2n) is 4.74. The van der Waals surface area contributed by atoms with E-state index in [0.29, 0.717) is 11.3 Å². The first-order valence-electron chi connectivity index (χ1n) is 6.72. The number of carbonyl (C=O) groups excluding carboxylic acids is 1. The smallest absolute Gasteiger partial charge is 0.257 e. The molecule has 0 unspecified atom stereocenters. The van der Waals surface area contributed by atoms with Gasteiger partial charge in [0.15, 0.2) is 0 Å². The molecule has 0 N–H and O–H groups in total. The molecule has 0 atom stereocenters. The molecule has 0 aliphatic carbocycles. The van der Waals surface area contributed by atoms with Gasteiger partial charge in [-0.05, 0) is 43.4 Å². The van der Waals surface area contributed by atoms with Crippen LogP contribution in [-0.2, 0) is 6.42 Å². The molecular formula is C15H21NO2. The Bertz CT molecular complexity index is 423. The summed E-state index contributed by atoms with van der Waals surface area (Å²) in [7, 11) is 1.62. The molecule has 98 valence electrons. The van der Waals surface area contributed by atoms with Gasteiger partial charge < -0.3 is 9.64 Å². The van der Waals surface area contributed by atoms with Gasteiger partial charge in [-0.15, -0.1) is 0 Å². The molecule has 1 heterocycles. The topological polar surface area (TPSA) is 29.5 Å². The number of aryl methyl sites for hydroxylation is 1. The summed E-state index contributed by atoms with van der Waals surface area (Å²) >= 11 is 0. The van der Waals surface area contributed by atoms with Gasteiger partial charge in [0.05, 0.1) is 12.7 Å². The lowest BCUT2D eigenvalue weighted by Crippen LogP contribution is -2.35. The van der Waals surface area contributed by atoms with Crippen molar-refractivity contribution in [3.8, 4) is 5.75 Å². The third kappa shape index (κ3) is 2.66. The van der Waals surface area contributed by atoms with Crippen molar-refractivity contribution in [3.63, 3.8) is 0 Å². The zero-order valence-electron chi connectivity index (χ0n) is 11.2. The highest BCUT2D eigenvalue weighted by Gasteiger charge is 2.21. The van der Waals surface area contributed by atoms with E-state index in [1.807, 2.05) is 23.1 Å². The average molecular weight is 247 g/mol. The van der Waals surface area contributed by atoms with Gasteiger partial charge in [-0.25, -0.2) is 0 Å². The van der Waals surface area contributed by atoms with Crippen molar-refractivity contribution in [2.75, 3.05) is 20.2 Å². The average Bonchev–Trinajstić information content (AvgIpc) is 2.46. The third-order valence-corrected chi connectivity index (χ3v) is 3.55. The van der Waals surface area contributed by atoms with Gasteiger partial charge in [0.2, 0.25) is 0 Å². The van der Waals surface area contributed by atoms with Crippen LogP contribution in [0.25, 0.3) is 0 Å². The number of benzene rings is 1. The molecule has 1 aromatic carbocycles. The summed E-state index contributed by atoms with van der Waals surface area (Å²) < 4.78 is 5.31. The lowest BCUT2D eigenvalue weighted by Gasteiger charge is -2.27. The van der Waals surface area contributed by atoms with Crippen LogP contribution in [0.1, 0.15) is 42.1 Å². The van der Waals surface area contributed by atoms with Gasteiger partial charge in [-0.3, -0.25) is 4.79 Å². The first-order valence-corrected chi connectivity index (χ1v) is 6.72. The highest BCUT2D eigenvalue weighted by Crippen LogP contribution is 2.23. The number of amides is 1. The number of piperidine rings is 1. The van der Waals surface area contributed by atoms with Gasteiger partial charge in [-0.2, -0.15) is 0 Å². The molecule has 3 heteroatoms. The number of likely N-dealkylation sites (tertiary alicyclic amines) is 1. The highest BCUT2D eigenvalue weighted by molar-refractivity contribution is 5.97. The van der Waals surface area contributed by atoms with Crippen molar-refractivity contribution >= 4 is 5.91 Å². The maximum atomic E-state index is 12.5. The van der Waals surface area contributed by atoms with E-state index in [9.17, 15) is 4.79 Å². The monoisotopic (exact) mass is 247 g/mol. The number of rotatable bonds is 3. The molecule has 1 aliphatic heterocycles. The molecule has 1 saturated heterocycles. The molecule has 3 nitrogen and oxygen atoms in total. The largest absolute Gasteiger partial charge is 0.496 e. The van der Waals surface area contributed by atoms with Gasteiger partial charge in [-0.1, -0.05) is 13.0 Å². The Labute approximate surface area is 109 Å². The molecule has 1 amide bonds. The lowest BCUT2D eigenvalue weighted by molar-refractivity contribution is 0.0721. The lowest BCUT2D eigenvalue weighted by atomic mass is 10.0. The van der Waals surface area contributed by atoms with Crippen molar-refractivity contribution in [1.82, 2.24) is 4.90 Å². The van der Waals surface area contributed by atoms with Crippen LogP contribution in [0.5, 0.6) is 5.75 Å². The highest BCUT2D eigenvalue weighted by atomic mass is 16.5. The number of nitrogens with zero attached hydrogens (tertiary/aromatic N) is 1. The molecular weight excluding hydrogens is 226 g/mol. The Morgan fingerprint density at radius 2 is 2.00 bits per heavy atom. The van der Waals surface area contributed by atoms with Crippen molar-refractivity contribution in [2.24, 2.45) is 0 Å². The molecule has 2 rings (SSSR count). The molecule has 1 fully saturated rings. The van der Waals surface area contributed by atoms with Crippen LogP contribution in [0.3, 0.4) is 0 Å². The Morgan fingerprint density at radius 1 is 1.28 bits per heavy atom. The fourth-order valence-corrected chi connectivity index (χ4v) is 2.41. The quantitative estimate of drug-likeness (QED) is 0.822. The second kappa shape index (κ2) is 5.89. The summed E-state index contributed by atoms with van der Waals surface area (Å²) in [5.41, 5.74) is 1.88. The summed E-state index contributed by atoms with van der Waals surface area (Å²) in [5.74, 6) is 0.796. The number of ether oxygens (including phenoxy) is 1. The first-order chi connectivity index (χ1) is 8.76. The van der Waals surface area contributed by atoms with E-state index >= 15 is 0 Å². The van der Waals surface area contributed by atoms with E-state index in [-0.39, 0.29) is 5.91 Å². The predicted molar refractivity (Wildman–Crippen MR) is 72.1 cm³/mol. The Balaban J connectivity index is 2.26. The normalized spacial score (nSPS) is 15.6. The molecule has 0 radical (unpaired) electrons. The van der Waals surface area contributed by atoms with Crippen LogP contribution in [0.2, 0.25) is 0 Å². The minimum atomic E-state index is 0.113. The maximum absolute atomic E-state index is 12.5. The summed E-state index contributed by atoms with van der Waals surface area (Å²) in [5, 5.41) is 0. The van der Waals surface area contributed by atoms with Crippen molar-refractivity contribution in [2.45, 2.75) is 32.6 Å². The van der Waals surface area contributed by atoms with Gasteiger partial charge >= 0.3 is 0 Å². The molecule has 0 spiro atoms. The summed E-state index contributed by atoms with van der Waals surface area (Å²) in [6, 6.07) is 5.89. The van der Waals surface area contributed by atoms with Crippen LogP contribution in [0.15, 0.2) is 18.2 Å². The zero-order chi connectivity index (χ0) is 13.0. The van der Waals surface area contributed by atoms with Gasteiger partial charge in [0.25, 0.3) is 5.91 Å². The standard InChI is InChI=1S/C15H21NO2/c1-3-12-7-8-14(18-2)13(11-12)15(17)16-9-5-4-6-10-16/h7-8,11H,3-6,9-10H2,1-2H3. The van der Waals surface area contributed by atoms with E-state index in [4.69, 9.17) is 4.74 Å². The summed E-state index contributed by atoms with van der Waals surface area (Å²) in [4.78, 5) is 14.4. The van der Waals surface area contributed by atoms with Crippen LogP contribution < -0.4 is 4.74 Å². The molecule has 0 aromatic heterocycles. The predicted octanol–water partition coefficient (Wildman–Crippen LogP) is 2.88. The Kier molecular flexibility index (Phi) is 4.24. The van der Waals surface area contributed by atoms with Crippen molar-refractivity contribution < 1.29 is 9.53 Å². The van der Waals surface area contributed by atoms with Crippen LogP contribution >= 0.6 is 0 Å². The molecule has 1 aromatic rings. The molecule has 0 saturated carbocycles. The van der Waals surface area contributed by atoms with Gasteiger partial charge in [0, 0.05) is 13.1 Å². The summed E-state index contributed by atoms with van der Waals surface area (Å²) in [6.07, 6.45) is 4.39. The molecule has 1 aliphatic rings. The Morgan fingerprint density at radius 3 is 2.61 bits per heavy atom. The van der Waals surface area contributed by atoms with E-state index in [1.54, 1.807) is 7.11 Å². The fraction of sp³-hybridized carbons (Fsp3) is 0.533. The number of hydrogen-bond donors (Lipinski definition) is 0. The minimum Gasteiger partial charge on any atom is -0.496 e. The SMILES string of the molecule is CCc1ccc(OC)c(C(=O)N2CCCCC2)c1. The Hall–Kier alpha value is -1.51. The van der Waals surface area contributed by atoms with Crippen LogP contribution in [0.4, 0.5) is 0 Å². The minimum absolute atomic E-state index is 0.113. The van der Waals surface area contributed by atoms with E-state index < -0.39 is 0 Å².